The number of pyridine rings is 1. The predicted molar refractivity (Wildman–Crippen MR) is 65.6 cm³/mol. The summed E-state index contributed by atoms with van der Waals surface area (Å²) in [4.78, 5) is 14.6. The van der Waals surface area contributed by atoms with E-state index in [1.165, 1.54) is 12.3 Å². The van der Waals surface area contributed by atoms with Gasteiger partial charge in [0.25, 0.3) is 0 Å². The van der Waals surface area contributed by atoms with Gasteiger partial charge in [0.2, 0.25) is 0 Å². The van der Waals surface area contributed by atoms with E-state index < -0.39 is 12.1 Å². The Balaban J connectivity index is 2.63. The maximum Gasteiger partial charge on any atom is 0.337 e. The minimum Gasteiger partial charge on any atom is -0.478 e. The molecule has 0 amide bonds. The smallest absolute Gasteiger partial charge is 0.337 e. The second-order valence-corrected chi connectivity index (χ2v) is 4.09. The number of nitrogens with one attached hydrogen (secondary N) is 1. The molecule has 0 spiro atoms. The Kier molecular flexibility index (Phi) is 5.18. The molecule has 94 valence electrons. The number of aliphatic hydroxyl groups excluding tert-OH is 1. The highest BCUT2D eigenvalue weighted by atomic mass is 35.5. The first-order valence-corrected chi connectivity index (χ1v) is 5.73. The Morgan fingerprint density at radius 1 is 1.65 bits per heavy atom. The van der Waals surface area contributed by atoms with Crippen LogP contribution in [0.4, 0.5) is 5.82 Å². The van der Waals surface area contributed by atoms with E-state index in [9.17, 15) is 9.90 Å². The fourth-order valence-corrected chi connectivity index (χ4v) is 1.57. The molecule has 0 aromatic carbocycles. The predicted octanol–water partition coefficient (Wildman–Crippen LogP) is 2.01. The molecule has 3 N–H and O–H groups in total. The minimum atomic E-state index is -1.07. The number of hydrogen-bond acceptors (Lipinski definition) is 4. The molecule has 0 bridgehead atoms. The van der Waals surface area contributed by atoms with Gasteiger partial charge in [-0.15, -0.1) is 0 Å². The third kappa shape index (κ3) is 4.20. The van der Waals surface area contributed by atoms with Crippen molar-refractivity contribution in [2.24, 2.45) is 0 Å². The standard InChI is InChI=1S/C11H15ClN2O3/c1-2-3-8(15)6-14-10-9(12)4-7(5-13-10)11(16)17/h4-5,8,15H,2-3,6H2,1H3,(H,13,14)(H,16,17). The highest BCUT2D eigenvalue weighted by Crippen LogP contribution is 2.20. The summed E-state index contributed by atoms with van der Waals surface area (Å²) in [6.45, 7) is 2.32. The van der Waals surface area contributed by atoms with Gasteiger partial charge in [-0.3, -0.25) is 0 Å². The van der Waals surface area contributed by atoms with Gasteiger partial charge in [-0.25, -0.2) is 9.78 Å². The summed E-state index contributed by atoms with van der Waals surface area (Å²) in [6.07, 6.45) is 2.35. The summed E-state index contributed by atoms with van der Waals surface area (Å²) < 4.78 is 0. The molecule has 0 fully saturated rings. The average Bonchev–Trinajstić information content (AvgIpc) is 2.27. The number of nitrogens with zero attached hydrogens (tertiary/aromatic N) is 1. The second-order valence-electron chi connectivity index (χ2n) is 3.68. The van der Waals surface area contributed by atoms with Gasteiger partial charge in [-0.05, 0) is 12.5 Å². The molecule has 17 heavy (non-hydrogen) atoms. The number of halogens is 1. The lowest BCUT2D eigenvalue weighted by Gasteiger charge is -2.12. The van der Waals surface area contributed by atoms with E-state index in [-0.39, 0.29) is 10.6 Å². The number of rotatable bonds is 6. The van der Waals surface area contributed by atoms with Crippen molar-refractivity contribution in [1.82, 2.24) is 4.98 Å². The van der Waals surface area contributed by atoms with Crippen LogP contribution in [0.5, 0.6) is 0 Å². The molecular formula is C11H15ClN2O3. The van der Waals surface area contributed by atoms with Crippen LogP contribution in [0.1, 0.15) is 30.1 Å². The number of carboxylic acid groups (broad SMARTS) is 1. The van der Waals surface area contributed by atoms with Crippen LogP contribution in [0.3, 0.4) is 0 Å². The van der Waals surface area contributed by atoms with Gasteiger partial charge in [0, 0.05) is 12.7 Å². The van der Waals surface area contributed by atoms with Crippen molar-refractivity contribution in [1.29, 1.82) is 0 Å². The normalized spacial score (nSPS) is 12.2. The van der Waals surface area contributed by atoms with E-state index in [0.717, 1.165) is 6.42 Å². The molecule has 0 radical (unpaired) electrons. The van der Waals surface area contributed by atoms with E-state index in [2.05, 4.69) is 10.3 Å². The van der Waals surface area contributed by atoms with Gasteiger partial charge in [0.05, 0.1) is 16.7 Å². The third-order valence-corrected chi connectivity index (χ3v) is 2.50. The lowest BCUT2D eigenvalue weighted by atomic mass is 10.2. The topological polar surface area (TPSA) is 82.5 Å². The molecule has 0 aliphatic heterocycles. The van der Waals surface area contributed by atoms with Gasteiger partial charge in [0.15, 0.2) is 0 Å². The first-order valence-electron chi connectivity index (χ1n) is 5.35. The number of aromatic carboxylic acids is 1. The Hall–Kier alpha value is -1.33. The molecule has 1 aromatic rings. The maximum atomic E-state index is 10.7. The second kappa shape index (κ2) is 6.42. The number of carboxylic acids is 1. The Bertz CT molecular complexity index is 398. The quantitative estimate of drug-likeness (QED) is 0.727. The maximum absolute atomic E-state index is 10.7. The van der Waals surface area contributed by atoms with E-state index >= 15 is 0 Å². The molecule has 6 heteroatoms. The number of anilines is 1. The summed E-state index contributed by atoms with van der Waals surface area (Å²) in [7, 11) is 0. The van der Waals surface area contributed by atoms with Crippen LogP contribution in [-0.4, -0.2) is 33.8 Å². The van der Waals surface area contributed by atoms with Gasteiger partial charge < -0.3 is 15.5 Å². The highest BCUT2D eigenvalue weighted by molar-refractivity contribution is 6.33. The van der Waals surface area contributed by atoms with E-state index in [1.807, 2.05) is 6.92 Å². The third-order valence-electron chi connectivity index (χ3n) is 2.22. The summed E-state index contributed by atoms with van der Waals surface area (Å²) in [5, 5.41) is 21.4. The van der Waals surface area contributed by atoms with Crippen molar-refractivity contribution in [2.45, 2.75) is 25.9 Å². The van der Waals surface area contributed by atoms with Crippen LogP contribution >= 0.6 is 11.6 Å². The average molecular weight is 259 g/mol. The van der Waals surface area contributed by atoms with Crippen molar-refractivity contribution in [3.63, 3.8) is 0 Å². The largest absolute Gasteiger partial charge is 0.478 e. The zero-order chi connectivity index (χ0) is 12.8. The first-order chi connectivity index (χ1) is 8.04. The Morgan fingerprint density at radius 3 is 2.88 bits per heavy atom. The molecular weight excluding hydrogens is 244 g/mol. The number of aliphatic hydroxyl groups is 1. The zero-order valence-electron chi connectivity index (χ0n) is 9.48. The molecule has 0 aliphatic rings. The fourth-order valence-electron chi connectivity index (χ4n) is 1.33. The zero-order valence-corrected chi connectivity index (χ0v) is 10.2. The van der Waals surface area contributed by atoms with E-state index in [1.54, 1.807) is 0 Å². The number of carbonyl (C=O) groups is 1. The van der Waals surface area contributed by atoms with Gasteiger partial charge in [-0.1, -0.05) is 24.9 Å². The van der Waals surface area contributed by atoms with Crippen LogP contribution in [0.25, 0.3) is 0 Å². The minimum absolute atomic E-state index is 0.0367. The molecule has 5 nitrogen and oxygen atoms in total. The Labute approximate surface area is 104 Å². The molecule has 0 saturated carbocycles. The molecule has 1 unspecified atom stereocenters. The lowest BCUT2D eigenvalue weighted by Crippen LogP contribution is -2.19. The number of hydrogen-bond donors (Lipinski definition) is 3. The molecule has 1 heterocycles. The van der Waals surface area contributed by atoms with Crippen LogP contribution in [-0.2, 0) is 0 Å². The van der Waals surface area contributed by atoms with Crippen molar-refractivity contribution in [3.05, 3.63) is 22.8 Å². The summed E-state index contributed by atoms with van der Waals surface area (Å²) >= 11 is 5.86. The fraction of sp³-hybridized carbons (Fsp3) is 0.455. The van der Waals surface area contributed by atoms with Crippen molar-refractivity contribution < 1.29 is 15.0 Å². The molecule has 1 rings (SSSR count). The van der Waals surface area contributed by atoms with E-state index in [4.69, 9.17) is 16.7 Å². The molecule has 1 aromatic heterocycles. The molecule has 0 saturated heterocycles. The van der Waals surface area contributed by atoms with Crippen LogP contribution in [0, 0.1) is 0 Å². The molecule has 1 atom stereocenters. The van der Waals surface area contributed by atoms with Gasteiger partial charge in [0.1, 0.15) is 5.82 Å². The van der Waals surface area contributed by atoms with Gasteiger partial charge >= 0.3 is 5.97 Å². The summed E-state index contributed by atoms with van der Waals surface area (Å²) in [5.41, 5.74) is 0.0367. The molecule has 0 aliphatic carbocycles. The monoisotopic (exact) mass is 258 g/mol. The van der Waals surface area contributed by atoms with Crippen LogP contribution < -0.4 is 5.32 Å². The Morgan fingerprint density at radius 2 is 2.35 bits per heavy atom. The summed E-state index contributed by atoms with van der Waals surface area (Å²) in [5.74, 6) is -0.691. The first kappa shape index (κ1) is 13.7. The van der Waals surface area contributed by atoms with Crippen molar-refractivity contribution in [3.8, 4) is 0 Å². The SMILES string of the molecule is CCCC(O)CNc1ncc(C(=O)O)cc1Cl. The van der Waals surface area contributed by atoms with Gasteiger partial charge in [-0.2, -0.15) is 0 Å². The van der Waals surface area contributed by atoms with Crippen molar-refractivity contribution >= 4 is 23.4 Å². The van der Waals surface area contributed by atoms with E-state index in [0.29, 0.717) is 18.8 Å². The van der Waals surface area contributed by atoms with Crippen LogP contribution in [0.15, 0.2) is 12.3 Å². The van der Waals surface area contributed by atoms with Crippen LogP contribution in [0.2, 0.25) is 5.02 Å². The summed E-state index contributed by atoms with van der Waals surface area (Å²) in [6, 6.07) is 1.32. The van der Waals surface area contributed by atoms with Crippen molar-refractivity contribution in [2.75, 3.05) is 11.9 Å². The number of aromatic nitrogens is 1. The highest BCUT2D eigenvalue weighted by Gasteiger charge is 2.09. The lowest BCUT2D eigenvalue weighted by molar-refractivity contribution is 0.0696.